The zero-order chi connectivity index (χ0) is 29.1. The van der Waals surface area contributed by atoms with Gasteiger partial charge in [-0.2, -0.15) is 4.98 Å². The molecule has 0 unspecified atom stereocenters. The topological polar surface area (TPSA) is 170 Å². The first-order valence-corrected chi connectivity index (χ1v) is 12.1. The lowest BCUT2D eigenvalue weighted by Crippen LogP contribution is -2.32. The van der Waals surface area contributed by atoms with Crippen LogP contribution in [0.1, 0.15) is 17.5 Å². The number of benzene rings is 2. The van der Waals surface area contributed by atoms with E-state index in [1.165, 1.54) is 30.5 Å². The second-order valence-electron chi connectivity index (χ2n) is 8.43. The van der Waals surface area contributed by atoms with Gasteiger partial charge in [0.15, 0.2) is 5.96 Å². The van der Waals surface area contributed by atoms with E-state index in [2.05, 4.69) is 36.0 Å². The fourth-order valence-electron chi connectivity index (χ4n) is 3.58. The maximum atomic E-state index is 14.6. The molecule has 11 nitrogen and oxygen atoms in total. The Balaban J connectivity index is 1.51. The lowest BCUT2D eigenvalue weighted by atomic mass is 10.1. The second-order valence-corrected chi connectivity index (χ2v) is 8.43. The van der Waals surface area contributed by atoms with E-state index < -0.39 is 23.8 Å². The largest absolute Gasteiger partial charge is 0.573 e. The van der Waals surface area contributed by atoms with Crippen molar-refractivity contribution in [3.8, 4) is 16.9 Å². The van der Waals surface area contributed by atoms with Gasteiger partial charge in [-0.3, -0.25) is 15.5 Å². The molecule has 0 atom stereocenters. The number of carbonyl (C=O) groups is 1. The number of H-pyrrole nitrogens is 1. The minimum atomic E-state index is -4.84. The van der Waals surface area contributed by atoms with E-state index in [1.54, 1.807) is 18.2 Å². The van der Waals surface area contributed by atoms with E-state index in [4.69, 9.17) is 11.1 Å². The smallest absolute Gasteiger partial charge is 0.406 e. The molecule has 2 amide bonds. The van der Waals surface area contributed by atoms with Crippen LogP contribution in [0, 0.1) is 11.2 Å². The van der Waals surface area contributed by atoms with Crippen molar-refractivity contribution in [2.45, 2.75) is 25.7 Å². The van der Waals surface area contributed by atoms with Gasteiger partial charge in [0.1, 0.15) is 11.6 Å². The molecule has 8 N–H and O–H groups in total. The van der Waals surface area contributed by atoms with Gasteiger partial charge in [0.2, 0.25) is 5.95 Å². The molecule has 0 bridgehead atoms. The normalized spacial score (nSPS) is 11.1. The molecule has 3 aromatic rings. The highest BCUT2D eigenvalue weighted by molar-refractivity contribution is 5.87. The van der Waals surface area contributed by atoms with Crippen LogP contribution < -0.4 is 37.3 Å². The number of urea groups is 1. The Labute approximate surface area is 226 Å². The van der Waals surface area contributed by atoms with Crippen molar-refractivity contribution in [1.29, 1.82) is 5.41 Å². The van der Waals surface area contributed by atoms with Gasteiger partial charge >= 0.3 is 12.4 Å². The summed E-state index contributed by atoms with van der Waals surface area (Å²) in [5, 5.41) is 17.6. The number of anilines is 1. The summed E-state index contributed by atoms with van der Waals surface area (Å²) in [5.41, 5.74) is 5.50. The molecule has 0 spiro atoms. The molecule has 0 aliphatic rings. The number of nitrogens with one attached hydrogen (secondary N) is 6. The van der Waals surface area contributed by atoms with Crippen LogP contribution in [0.15, 0.2) is 53.5 Å². The maximum absolute atomic E-state index is 14.6. The Hall–Kier alpha value is -4.66. The van der Waals surface area contributed by atoms with E-state index in [0.717, 1.165) is 0 Å². The van der Waals surface area contributed by atoms with Crippen LogP contribution in [0.4, 0.5) is 28.3 Å². The third kappa shape index (κ3) is 9.58. The Kier molecular flexibility index (Phi) is 10.4. The highest BCUT2D eigenvalue weighted by Gasteiger charge is 2.31. The van der Waals surface area contributed by atoms with Crippen molar-refractivity contribution >= 4 is 17.9 Å². The van der Waals surface area contributed by atoms with E-state index in [-0.39, 0.29) is 53.9 Å². The highest BCUT2D eigenvalue weighted by atomic mass is 19.4. The monoisotopic (exact) mass is 564 g/mol. The molecule has 1 aromatic heterocycles. The van der Waals surface area contributed by atoms with Gasteiger partial charge in [-0.25, -0.2) is 9.18 Å². The van der Waals surface area contributed by atoms with Crippen molar-refractivity contribution in [2.75, 3.05) is 25.0 Å². The molecule has 0 radical (unpaired) electrons. The zero-order valence-corrected chi connectivity index (χ0v) is 21.1. The standard InChI is InChI=1S/C25H28F4N8O3/c26-19-12-16(6-7-17(19)13-32-9-3-10-33-22(30)31)18-14-35-23(36-21(18)38)37-24(39)34-11-8-15-4-1-2-5-20(15)40-25(27,28)29/h1-2,4-7,12,14,32H,3,8-11,13H2,(H4,30,31,33)(H3,34,35,36,37,38,39). The average Bonchev–Trinajstić information content (AvgIpc) is 2.87. The lowest BCUT2D eigenvalue weighted by Gasteiger charge is -2.13. The third-order valence-corrected chi connectivity index (χ3v) is 5.43. The first kappa shape index (κ1) is 29.9. The van der Waals surface area contributed by atoms with Gasteiger partial charge < -0.3 is 31.4 Å². The number of nitrogens with two attached hydrogens (primary N) is 1. The number of hydrogen-bond acceptors (Lipinski definition) is 6. The van der Waals surface area contributed by atoms with Crippen LogP contribution >= 0.6 is 0 Å². The lowest BCUT2D eigenvalue weighted by molar-refractivity contribution is -0.274. The van der Waals surface area contributed by atoms with Gasteiger partial charge in [-0.15, -0.1) is 13.2 Å². The molecular formula is C25H28F4N8O3. The summed E-state index contributed by atoms with van der Waals surface area (Å²) in [4.78, 5) is 31.1. The summed E-state index contributed by atoms with van der Waals surface area (Å²) in [6, 6.07) is 9.15. The fraction of sp³-hybridized carbons (Fsp3) is 0.280. The van der Waals surface area contributed by atoms with Crippen molar-refractivity contribution < 1.29 is 27.1 Å². The third-order valence-electron chi connectivity index (χ3n) is 5.43. The number of para-hydroxylation sites is 1. The summed E-state index contributed by atoms with van der Waals surface area (Å²) in [6.45, 7) is 1.33. The summed E-state index contributed by atoms with van der Waals surface area (Å²) in [6.07, 6.45) is -2.82. The molecular weight excluding hydrogens is 536 g/mol. The first-order chi connectivity index (χ1) is 19.0. The van der Waals surface area contributed by atoms with E-state index in [0.29, 0.717) is 25.1 Å². The molecule has 0 saturated carbocycles. The number of hydrogen-bond donors (Lipinski definition) is 7. The number of carbonyl (C=O) groups excluding carboxylic acids is 1. The Morgan fingerprint density at radius 1 is 1.07 bits per heavy atom. The van der Waals surface area contributed by atoms with Crippen LogP contribution in [0.5, 0.6) is 5.75 Å². The predicted octanol–water partition coefficient (Wildman–Crippen LogP) is 2.80. The summed E-state index contributed by atoms with van der Waals surface area (Å²) < 4.78 is 56.2. The van der Waals surface area contributed by atoms with Gasteiger partial charge in [0.25, 0.3) is 5.56 Å². The fourth-order valence-corrected chi connectivity index (χ4v) is 3.58. The SMILES string of the molecule is N=C(N)NCCCNCc1ccc(-c2c[nH]c(NC(=O)NCCc3ccccc3OC(F)(F)F)nc2=O)cc1F. The number of aromatic amines is 1. The molecule has 0 fully saturated rings. The zero-order valence-electron chi connectivity index (χ0n) is 21.1. The second kappa shape index (κ2) is 13.9. The van der Waals surface area contributed by atoms with Crippen molar-refractivity contribution in [3.05, 3.63) is 76.0 Å². The Morgan fingerprint density at radius 2 is 1.85 bits per heavy atom. The number of guanidine groups is 1. The molecule has 0 aliphatic carbocycles. The number of alkyl halides is 3. The summed E-state index contributed by atoms with van der Waals surface area (Å²) >= 11 is 0. The van der Waals surface area contributed by atoms with Gasteiger partial charge in [-0.1, -0.05) is 30.3 Å². The molecule has 214 valence electrons. The maximum Gasteiger partial charge on any atom is 0.573 e. The minimum absolute atomic E-state index is 0.0256. The molecule has 3 rings (SSSR count). The van der Waals surface area contributed by atoms with Crippen molar-refractivity contribution in [2.24, 2.45) is 5.73 Å². The molecule has 1 heterocycles. The van der Waals surface area contributed by atoms with E-state index >= 15 is 0 Å². The number of nitrogens with zero attached hydrogens (tertiary/aromatic N) is 1. The Morgan fingerprint density at radius 3 is 2.55 bits per heavy atom. The van der Waals surface area contributed by atoms with Crippen LogP contribution in [-0.4, -0.2) is 48.0 Å². The van der Waals surface area contributed by atoms with Crippen molar-refractivity contribution in [3.63, 3.8) is 0 Å². The number of ether oxygens (including phenoxy) is 1. The van der Waals surface area contributed by atoms with Crippen LogP contribution in [0.25, 0.3) is 11.1 Å². The van der Waals surface area contributed by atoms with Crippen molar-refractivity contribution in [1.82, 2.24) is 25.9 Å². The molecule has 40 heavy (non-hydrogen) atoms. The summed E-state index contributed by atoms with van der Waals surface area (Å²) in [5.74, 6) is -1.17. The van der Waals surface area contributed by atoms with Gasteiger partial charge in [0, 0.05) is 31.4 Å². The van der Waals surface area contributed by atoms with Gasteiger partial charge in [-0.05, 0) is 42.6 Å². The summed E-state index contributed by atoms with van der Waals surface area (Å²) in [7, 11) is 0. The molecule has 0 aliphatic heterocycles. The number of amides is 2. The van der Waals surface area contributed by atoms with Gasteiger partial charge in [0.05, 0.1) is 5.56 Å². The quantitative estimate of drug-likeness (QED) is 0.0768. The van der Waals surface area contributed by atoms with E-state index in [9.17, 15) is 27.2 Å². The first-order valence-electron chi connectivity index (χ1n) is 12.1. The predicted molar refractivity (Wildman–Crippen MR) is 140 cm³/mol. The number of aromatic nitrogens is 2. The van der Waals surface area contributed by atoms with Crippen LogP contribution in [0.2, 0.25) is 0 Å². The van der Waals surface area contributed by atoms with Crippen LogP contribution in [-0.2, 0) is 13.0 Å². The van der Waals surface area contributed by atoms with Crippen LogP contribution in [0.3, 0.4) is 0 Å². The number of halogens is 4. The average molecular weight is 565 g/mol. The molecule has 2 aromatic carbocycles. The van der Waals surface area contributed by atoms with E-state index in [1.807, 2.05) is 0 Å². The Bertz CT molecular complexity index is 1380. The molecule has 15 heteroatoms. The highest BCUT2D eigenvalue weighted by Crippen LogP contribution is 2.26. The number of rotatable bonds is 12. The minimum Gasteiger partial charge on any atom is -0.406 e. The molecule has 0 saturated heterocycles.